The first-order valence-corrected chi connectivity index (χ1v) is 15.4. The van der Waals surface area contributed by atoms with Gasteiger partial charge in [0.1, 0.15) is 11.2 Å². The van der Waals surface area contributed by atoms with E-state index in [2.05, 4.69) is 36.4 Å². The monoisotopic (exact) mass is 558 g/mol. The molecule has 4 aromatic carbocycles. The number of hydrogen-bond donors (Lipinski definition) is 0. The Labute approximate surface area is 250 Å². The summed E-state index contributed by atoms with van der Waals surface area (Å²) >= 11 is 0. The topological polar surface area (TPSA) is 75.6 Å². The molecule has 4 saturated carbocycles. The minimum Gasteiger partial charge on any atom is -0.456 e. The third-order valence-electron chi connectivity index (χ3n) is 10.3. The lowest BCUT2D eigenvalue weighted by molar-refractivity contribution is -0.00518. The molecule has 2 aromatic heterocycles. The van der Waals surface area contributed by atoms with E-state index >= 15 is 0 Å². The average molecular weight is 559 g/mol. The van der Waals surface area contributed by atoms with E-state index < -0.39 is 0 Å². The number of aromatic nitrogens is 3. The number of hydrogen-bond acceptors (Lipinski definition) is 5. The van der Waals surface area contributed by atoms with Crippen LogP contribution in [0.15, 0.2) is 95.4 Å². The number of benzene rings is 4. The second-order valence-corrected chi connectivity index (χ2v) is 13.1. The molecule has 2 heterocycles. The molecule has 0 saturated heterocycles. The molecule has 0 radical (unpaired) electrons. The third-order valence-corrected chi connectivity index (χ3v) is 10.3. The Kier molecular flexibility index (Phi) is 5.38. The number of rotatable bonds is 4. The Balaban J connectivity index is 1.15. The molecule has 0 N–H and O–H groups in total. The lowest BCUT2D eigenvalue weighted by Gasteiger charge is -2.57. The van der Waals surface area contributed by atoms with Crippen molar-refractivity contribution in [2.75, 3.05) is 0 Å². The maximum absolute atomic E-state index is 9.46. The lowest BCUT2D eigenvalue weighted by atomic mass is 9.48. The van der Waals surface area contributed by atoms with Gasteiger partial charge in [-0.3, -0.25) is 0 Å². The van der Waals surface area contributed by atoms with Crippen LogP contribution < -0.4 is 0 Å². The first-order valence-electron chi connectivity index (χ1n) is 15.4. The van der Waals surface area contributed by atoms with Crippen molar-refractivity contribution in [3.63, 3.8) is 0 Å². The van der Waals surface area contributed by atoms with Crippen LogP contribution in [0.4, 0.5) is 0 Å². The van der Waals surface area contributed by atoms with Gasteiger partial charge in [0.15, 0.2) is 17.5 Å². The molecule has 0 unspecified atom stereocenters. The Hall–Kier alpha value is -4.82. The van der Waals surface area contributed by atoms with Gasteiger partial charge >= 0.3 is 0 Å². The number of nitriles is 1. The average Bonchev–Trinajstić information content (AvgIpc) is 3.41. The molecule has 4 aliphatic carbocycles. The van der Waals surface area contributed by atoms with E-state index in [9.17, 15) is 5.26 Å². The molecule has 208 valence electrons. The largest absolute Gasteiger partial charge is 0.456 e. The zero-order chi connectivity index (χ0) is 28.5. The first-order chi connectivity index (χ1) is 21.1. The molecule has 4 aliphatic rings. The van der Waals surface area contributed by atoms with Gasteiger partial charge < -0.3 is 4.42 Å². The van der Waals surface area contributed by atoms with Gasteiger partial charge in [-0.15, -0.1) is 0 Å². The Morgan fingerprint density at radius 3 is 1.77 bits per heavy atom. The van der Waals surface area contributed by atoms with Gasteiger partial charge in [0.2, 0.25) is 0 Å². The molecule has 0 spiro atoms. The van der Waals surface area contributed by atoms with Gasteiger partial charge in [-0.1, -0.05) is 54.6 Å². The molecule has 0 amide bonds. The highest BCUT2D eigenvalue weighted by molar-refractivity contribution is 6.06. The summed E-state index contributed by atoms with van der Waals surface area (Å²) in [6.45, 7) is 0. The minimum absolute atomic E-state index is 0.362. The van der Waals surface area contributed by atoms with Crippen molar-refractivity contribution in [1.82, 2.24) is 15.0 Å². The van der Waals surface area contributed by atoms with Crippen molar-refractivity contribution in [2.45, 2.75) is 43.9 Å². The summed E-state index contributed by atoms with van der Waals surface area (Å²) in [6.07, 6.45) is 8.42. The SMILES string of the molecule is N#Cc1ccc2oc3ccc(-c4nc(-c5ccccc5)nc(-c5ccc(C67CC8CC(CC(C8)C6)C7)cc5)n4)cc3c2c1. The highest BCUT2D eigenvalue weighted by atomic mass is 16.3. The summed E-state index contributed by atoms with van der Waals surface area (Å²) in [7, 11) is 0. The van der Waals surface area contributed by atoms with Crippen molar-refractivity contribution < 1.29 is 4.42 Å². The van der Waals surface area contributed by atoms with Crippen LogP contribution in [0.2, 0.25) is 0 Å². The van der Waals surface area contributed by atoms with Gasteiger partial charge in [-0.05, 0) is 104 Å². The van der Waals surface area contributed by atoms with Crippen LogP contribution in [0, 0.1) is 29.1 Å². The van der Waals surface area contributed by atoms with Gasteiger partial charge in [-0.2, -0.15) is 5.26 Å². The highest BCUT2D eigenvalue weighted by Gasteiger charge is 2.51. The van der Waals surface area contributed by atoms with Crippen molar-refractivity contribution in [1.29, 1.82) is 5.26 Å². The van der Waals surface area contributed by atoms with Gasteiger partial charge in [0.05, 0.1) is 11.6 Å². The fourth-order valence-corrected chi connectivity index (χ4v) is 8.77. The zero-order valence-corrected chi connectivity index (χ0v) is 23.8. The van der Waals surface area contributed by atoms with E-state index in [0.29, 0.717) is 28.5 Å². The fourth-order valence-electron chi connectivity index (χ4n) is 8.77. The first kappa shape index (κ1) is 24.7. The molecule has 10 rings (SSSR count). The molecule has 4 fully saturated rings. The second-order valence-electron chi connectivity index (χ2n) is 13.1. The van der Waals surface area contributed by atoms with E-state index in [-0.39, 0.29) is 0 Å². The normalized spacial score (nSPS) is 24.0. The molecule has 6 aromatic rings. The lowest BCUT2D eigenvalue weighted by Crippen LogP contribution is -2.48. The van der Waals surface area contributed by atoms with Gasteiger partial charge in [0.25, 0.3) is 0 Å². The summed E-state index contributed by atoms with van der Waals surface area (Å²) < 4.78 is 6.06. The fraction of sp³-hybridized carbons (Fsp3) is 0.263. The zero-order valence-electron chi connectivity index (χ0n) is 23.8. The predicted octanol–water partition coefficient (Wildman–Crippen LogP) is 9.11. The summed E-state index contributed by atoms with van der Waals surface area (Å²) in [6, 6.07) is 33.0. The molecule has 43 heavy (non-hydrogen) atoms. The van der Waals surface area contributed by atoms with Crippen molar-refractivity contribution >= 4 is 21.9 Å². The van der Waals surface area contributed by atoms with Crippen molar-refractivity contribution in [3.8, 4) is 40.2 Å². The second kappa shape index (κ2) is 9.34. The van der Waals surface area contributed by atoms with E-state index in [1.165, 1.54) is 44.1 Å². The van der Waals surface area contributed by atoms with E-state index in [1.54, 1.807) is 6.07 Å². The predicted molar refractivity (Wildman–Crippen MR) is 168 cm³/mol. The molecular weight excluding hydrogens is 528 g/mol. The van der Waals surface area contributed by atoms with Crippen LogP contribution in [-0.4, -0.2) is 15.0 Å². The smallest absolute Gasteiger partial charge is 0.164 e. The quantitative estimate of drug-likeness (QED) is 0.216. The summed E-state index contributed by atoms with van der Waals surface area (Å²) in [5, 5.41) is 11.3. The number of fused-ring (bicyclic) bond motifs is 3. The molecule has 0 aliphatic heterocycles. The highest BCUT2D eigenvalue weighted by Crippen LogP contribution is 2.60. The van der Waals surface area contributed by atoms with Crippen molar-refractivity contribution in [2.24, 2.45) is 17.8 Å². The van der Waals surface area contributed by atoms with Crippen LogP contribution >= 0.6 is 0 Å². The number of furan rings is 1. The minimum atomic E-state index is 0.362. The maximum atomic E-state index is 9.46. The molecule has 5 heteroatoms. The molecule has 4 bridgehead atoms. The van der Waals surface area contributed by atoms with Gasteiger partial charge in [0, 0.05) is 27.5 Å². The van der Waals surface area contributed by atoms with Crippen LogP contribution in [0.1, 0.15) is 49.7 Å². The van der Waals surface area contributed by atoms with Crippen LogP contribution in [0.3, 0.4) is 0 Å². The van der Waals surface area contributed by atoms with Crippen molar-refractivity contribution in [3.05, 3.63) is 102 Å². The van der Waals surface area contributed by atoms with Gasteiger partial charge in [-0.25, -0.2) is 15.0 Å². The van der Waals surface area contributed by atoms with E-state index in [4.69, 9.17) is 19.4 Å². The van der Waals surface area contributed by atoms with E-state index in [1.807, 2.05) is 54.6 Å². The molecule has 5 nitrogen and oxygen atoms in total. The van der Waals surface area contributed by atoms with Crippen LogP contribution in [0.5, 0.6) is 0 Å². The Morgan fingerprint density at radius 2 is 1.14 bits per heavy atom. The molecular formula is C38H30N4O. The summed E-state index contributed by atoms with van der Waals surface area (Å²) in [4.78, 5) is 14.9. The van der Waals surface area contributed by atoms with Crippen LogP contribution in [0.25, 0.3) is 56.1 Å². The third kappa shape index (κ3) is 4.08. The maximum Gasteiger partial charge on any atom is 0.164 e. The standard InChI is InChI=1S/C38H30N4O/c39-22-23-6-12-33-31(17-23)32-18-29(9-13-34(32)43-33)37-41-35(27-4-2-1-3-5-27)40-36(42-37)28-7-10-30(11-8-28)38-19-24-14-25(20-38)16-26(15-24)21-38/h1-13,17-18,24-26H,14-16,19-21H2. The van der Waals surface area contributed by atoms with Crippen LogP contribution in [-0.2, 0) is 5.41 Å². The summed E-state index contributed by atoms with van der Waals surface area (Å²) in [5.41, 5.74) is 6.82. The van der Waals surface area contributed by atoms with E-state index in [0.717, 1.165) is 56.4 Å². The Morgan fingerprint density at radius 1 is 0.605 bits per heavy atom. The molecule has 0 atom stereocenters. The summed E-state index contributed by atoms with van der Waals surface area (Å²) in [5.74, 6) is 4.69. The number of nitrogens with zero attached hydrogens (tertiary/aromatic N) is 4. The Bertz CT molecular complexity index is 2030.